The van der Waals surface area contributed by atoms with Crippen LogP contribution < -0.4 is 4.74 Å². The Hall–Kier alpha value is -4.71. The lowest BCUT2D eigenvalue weighted by Gasteiger charge is -2.36. The molecule has 0 unspecified atom stereocenters. The van der Waals surface area contributed by atoms with Gasteiger partial charge in [0.1, 0.15) is 11.4 Å². The molecule has 6 heteroatoms. The van der Waals surface area contributed by atoms with Crippen LogP contribution in [0.5, 0.6) is 5.75 Å². The Balaban J connectivity index is 1.59. The second-order valence-electron chi connectivity index (χ2n) is 8.15. The Kier molecular flexibility index (Phi) is 6.58. The van der Waals surface area contributed by atoms with Gasteiger partial charge in [-0.05, 0) is 31.2 Å². The third kappa shape index (κ3) is 4.36. The lowest BCUT2D eigenvalue weighted by molar-refractivity contribution is 0.0520. The van der Waals surface area contributed by atoms with Crippen LogP contribution >= 0.6 is 0 Å². The molecule has 0 saturated carbocycles. The Labute approximate surface area is 209 Å². The molecule has 5 rings (SSSR count). The standard InChI is InChI=1S/C30H25N3O3/c1-2-35-29(34)28-27(31-33-32-28)22-18-20-26(21-19-22)36-30(23-12-6-3-7-13-23,24-14-8-4-9-15-24)25-16-10-5-11-17-25/h3-21H,2H2,1H3,(H,31,32,33). The van der Waals surface area contributed by atoms with Crippen LogP contribution in [0.1, 0.15) is 34.1 Å². The maximum atomic E-state index is 12.3. The fraction of sp³-hybridized carbons (Fsp3) is 0.100. The van der Waals surface area contributed by atoms with Crippen LogP contribution in [0.4, 0.5) is 0 Å². The summed E-state index contributed by atoms with van der Waals surface area (Å²) in [5.41, 5.74) is 3.45. The van der Waals surface area contributed by atoms with Gasteiger partial charge in [0.05, 0.1) is 6.61 Å². The average Bonchev–Trinajstić information content (AvgIpc) is 3.44. The van der Waals surface area contributed by atoms with Gasteiger partial charge in [-0.3, -0.25) is 0 Å². The van der Waals surface area contributed by atoms with Crippen LogP contribution in [0.3, 0.4) is 0 Å². The van der Waals surface area contributed by atoms with Crippen molar-refractivity contribution in [2.75, 3.05) is 6.61 Å². The summed E-state index contributed by atoms with van der Waals surface area (Å²) in [6.45, 7) is 2.01. The molecule has 0 saturated heterocycles. The molecule has 0 aliphatic rings. The van der Waals surface area contributed by atoms with E-state index in [1.807, 2.05) is 78.9 Å². The minimum Gasteiger partial charge on any atom is -0.473 e. The zero-order chi connectivity index (χ0) is 24.8. The molecule has 6 nitrogen and oxygen atoms in total. The van der Waals surface area contributed by atoms with Gasteiger partial charge in [-0.15, -0.1) is 5.10 Å². The van der Waals surface area contributed by atoms with Gasteiger partial charge in [0.15, 0.2) is 11.3 Å². The molecule has 0 atom stereocenters. The van der Waals surface area contributed by atoms with Gasteiger partial charge in [-0.1, -0.05) is 91.0 Å². The normalized spacial score (nSPS) is 11.1. The summed E-state index contributed by atoms with van der Waals surface area (Å²) in [6.07, 6.45) is 0. The van der Waals surface area contributed by atoms with Crippen molar-refractivity contribution in [3.8, 4) is 17.0 Å². The Morgan fingerprint density at radius 3 is 1.69 bits per heavy atom. The van der Waals surface area contributed by atoms with Gasteiger partial charge in [0.2, 0.25) is 0 Å². The molecule has 1 heterocycles. The van der Waals surface area contributed by atoms with E-state index in [4.69, 9.17) is 9.47 Å². The monoisotopic (exact) mass is 475 g/mol. The van der Waals surface area contributed by atoms with E-state index >= 15 is 0 Å². The molecule has 0 spiro atoms. The number of rotatable bonds is 8. The maximum absolute atomic E-state index is 12.3. The van der Waals surface area contributed by atoms with E-state index in [-0.39, 0.29) is 12.3 Å². The van der Waals surface area contributed by atoms with Crippen molar-refractivity contribution in [3.63, 3.8) is 0 Å². The van der Waals surface area contributed by atoms with Crippen LogP contribution in [-0.4, -0.2) is 28.0 Å². The van der Waals surface area contributed by atoms with Crippen molar-refractivity contribution in [1.29, 1.82) is 0 Å². The minimum absolute atomic E-state index is 0.151. The van der Waals surface area contributed by atoms with Gasteiger partial charge < -0.3 is 9.47 Å². The van der Waals surface area contributed by atoms with Gasteiger partial charge in [0, 0.05) is 22.3 Å². The van der Waals surface area contributed by atoms with Crippen molar-refractivity contribution >= 4 is 5.97 Å². The van der Waals surface area contributed by atoms with Gasteiger partial charge >= 0.3 is 5.97 Å². The molecule has 178 valence electrons. The molecule has 0 bridgehead atoms. The molecule has 1 N–H and O–H groups in total. The van der Waals surface area contributed by atoms with Crippen molar-refractivity contribution in [3.05, 3.63) is 138 Å². The van der Waals surface area contributed by atoms with E-state index in [0.717, 1.165) is 22.3 Å². The van der Waals surface area contributed by atoms with E-state index in [1.165, 1.54) is 0 Å². The number of esters is 1. The largest absolute Gasteiger partial charge is 0.473 e. The molecule has 4 aromatic carbocycles. The highest BCUT2D eigenvalue weighted by atomic mass is 16.5. The summed E-state index contributed by atoms with van der Waals surface area (Å²) in [7, 11) is 0. The molecule has 1 aromatic heterocycles. The van der Waals surface area contributed by atoms with E-state index in [2.05, 4.69) is 51.8 Å². The first-order valence-electron chi connectivity index (χ1n) is 11.8. The number of ether oxygens (including phenoxy) is 2. The zero-order valence-corrected chi connectivity index (χ0v) is 19.8. The molecule has 0 aliphatic carbocycles. The lowest BCUT2D eigenvalue weighted by atomic mass is 9.80. The van der Waals surface area contributed by atoms with Crippen LogP contribution in [0.25, 0.3) is 11.3 Å². The van der Waals surface area contributed by atoms with Crippen molar-refractivity contribution < 1.29 is 14.3 Å². The SMILES string of the molecule is CCOC(=O)c1n[nH]nc1-c1ccc(OC(c2ccccc2)(c2ccccc2)c2ccccc2)cc1. The van der Waals surface area contributed by atoms with E-state index < -0.39 is 11.6 Å². The first kappa shape index (κ1) is 23.1. The lowest BCUT2D eigenvalue weighted by Crippen LogP contribution is -2.36. The smallest absolute Gasteiger partial charge is 0.361 e. The molecule has 0 fully saturated rings. The Morgan fingerprint density at radius 2 is 1.22 bits per heavy atom. The highest BCUT2D eigenvalue weighted by Gasteiger charge is 2.39. The summed E-state index contributed by atoms with van der Waals surface area (Å²) < 4.78 is 12.0. The second kappa shape index (κ2) is 10.3. The Morgan fingerprint density at radius 1 is 0.722 bits per heavy atom. The van der Waals surface area contributed by atoms with Crippen molar-refractivity contribution in [1.82, 2.24) is 15.4 Å². The number of aromatic nitrogens is 3. The van der Waals surface area contributed by atoms with Crippen LogP contribution in [0, 0.1) is 0 Å². The van der Waals surface area contributed by atoms with E-state index in [1.54, 1.807) is 6.92 Å². The van der Waals surface area contributed by atoms with Crippen LogP contribution in [-0.2, 0) is 10.3 Å². The molecule has 0 radical (unpaired) electrons. The number of hydrogen-bond acceptors (Lipinski definition) is 5. The third-order valence-electron chi connectivity index (χ3n) is 5.96. The van der Waals surface area contributed by atoms with E-state index in [9.17, 15) is 4.79 Å². The molecular weight excluding hydrogens is 450 g/mol. The zero-order valence-electron chi connectivity index (χ0n) is 19.8. The summed E-state index contributed by atoms with van der Waals surface area (Å²) in [6, 6.07) is 38.1. The van der Waals surface area contributed by atoms with Crippen LogP contribution in [0.2, 0.25) is 0 Å². The van der Waals surface area contributed by atoms with Gasteiger partial charge in [0.25, 0.3) is 0 Å². The number of benzene rings is 4. The highest BCUT2D eigenvalue weighted by molar-refractivity contribution is 5.93. The fourth-order valence-corrected chi connectivity index (χ4v) is 4.33. The Bertz CT molecular complexity index is 1320. The second-order valence-corrected chi connectivity index (χ2v) is 8.15. The van der Waals surface area contributed by atoms with Crippen LogP contribution in [0.15, 0.2) is 115 Å². The first-order valence-corrected chi connectivity index (χ1v) is 11.8. The molecular formula is C30H25N3O3. The average molecular weight is 476 g/mol. The quantitative estimate of drug-likeness (QED) is 0.219. The van der Waals surface area contributed by atoms with Crippen molar-refractivity contribution in [2.24, 2.45) is 0 Å². The fourth-order valence-electron chi connectivity index (χ4n) is 4.33. The summed E-state index contributed by atoms with van der Waals surface area (Å²) in [5, 5.41) is 10.7. The number of carbonyl (C=O) groups is 1. The van der Waals surface area contributed by atoms with Gasteiger partial charge in [-0.2, -0.15) is 10.3 Å². The minimum atomic E-state index is -0.880. The number of nitrogens with one attached hydrogen (secondary N) is 1. The molecule has 5 aromatic rings. The number of aromatic amines is 1. The number of hydrogen-bond donors (Lipinski definition) is 1. The summed E-state index contributed by atoms with van der Waals surface area (Å²) in [5.74, 6) is 0.148. The summed E-state index contributed by atoms with van der Waals surface area (Å²) >= 11 is 0. The number of nitrogens with zero attached hydrogens (tertiary/aromatic N) is 2. The predicted molar refractivity (Wildman–Crippen MR) is 138 cm³/mol. The molecule has 0 amide bonds. The number of H-pyrrole nitrogens is 1. The van der Waals surface area contributed by atoms with Gasteiger partial charge in [-0.25, -0.2) is 4.79 Å². The molecule has 0 aliphatic heterocycles. The highest BCUT2D eigenvalue weighted by Crippen LogP contribution is 2.41. The maximum Gasteiger partial charge on any atom is 0.361 e. The first-order chi connectivity index (χ1) is 17.7. The summed E-state index contributed by atoms with van der Waals surface area (Å²) in [4.78, 5) is 12.3. The topological polar surface area (TPSA) is 77.1 Å². The third-order valence-corrected chi connectivity index (χ3v) is 5.96. The molecule has 36 heavy (non-hydrogen) atoms. The number of carbonyl (C=O) groups excluding carboxylic acids is 1. The predicted octanol–water partition coefficient (Wildman–Crippen LogP) is 6.02. The van der Waals surface area contributed by atoms with E-state index in [0.29, 0.717) is 11.4 Å². The van der Waals surface area contributed by atoms with Crippen molar-refractivity contribution in [2.45, 2.75) is 12.5 Å².